The first kappa shape index (κ1) is 10.2. The van der Waals surface area contributed by atoms with Gasteiger partial charge in [0.05, 0.1) is 0 Å². The second-order valence-corrected chi connectivity index (χ2v) is 5.50. The predicted molar refractivity (Wildman–Crippen MR) is 53.4 cm³/mol. The maximum absolute atomic E-state index is 11.4. The summed E-state index contributed by atoms with van der Waals surface area (Å²) in [6.45, 7) is 2.73. The molecule has 0 spiro atoms. The minimum atomic E-state index is -0.611. The van der Waals surface area contributed by atoms with Crippen molar-refractivity contribution in [1.82, 2.24) is 0 Å². The van der Waals surface area contributed by atoms with Crippen molar-refractivity contribution in [1.29, 1.82) is 0 Å². The molecule has 0 radical (unpaired) electrons. The highest BCUT2D eigenvalue weighted by Crippen LogP contribution is 2.32. The van der Waals surface area contributed by atoms with E-state index in [0.717, 1.165) is 17.4 Å². The van der Waals surface area contributed by atoms with Crippen molar-refractivity contribution in [3.05, 3.63) is 0 Å². The molecule has 3 heteroatoms. The molecule has 72 valence electrons. The highest BCUT2D eigenvalue weighted by atomic mass is 32.2. The minimum absolute atomic E-state index is 0.421. The quantitative estimate of drug-likeness (QED) is 0.680. The van der Waals surface area contributed by atoms with Crippen LogP contribution in [-0.4, -0.2) is 22.3 Å². The van der Waals surface area contributed by atoms with Gasteiger partial charge in [-0.3, -0.25) is 4.21 Å². The van der Waals surface area contributed by atoms with E-state index in [2.05, 4.69) is 6.92 Å². The normalized spacial score (nSPS) is 22.2. The zero-order valence-corrected chi connectivity index (χ0v) is 8.61. The lowest BCUT2D eigenvalue weighted by molar-refractivity contribution is 0.636. The average molecular weight is 189 g/mol. The molecule has 0 aliphatic heterocycles. The Morgan fingerprint density at radius 3 is 2.75 bits per heavy atom. The summed E-state index contributed by atoms with van der Waals surface area (Å²) in [4.78, 5) is 0. The summed E-state index contributed by atoms with van der Waals surface area (Å²) in [5.74, 6) is 3.02. The minimum Gasteiger partial charge on any atom is -0.330 e. The van der Waals surface area contributed by atoms with E-state index in [1.165, 1.54) is 19.3 Å². The largest absolute Gasteiger partial charge is 0.330 e. The standard InChI is InChI=1S/C9H19NOS/c1-8(6-10)7-12(11)5-4-9-2-3-9/h8-9H,2-7,10H2,1H3. The Morgan fingerprint density at radius 1 is 1.58 bits per heavy atom. The Kier molecular flexibility index (Phi) is 4.22. The van der Waals surface area contributed by atoms with Crippen molar-refractivity contribution >= 4 is 10.8 Å². The van der Waals surface area contributed by atoms with E-state index in [1.54, 1.807) is 0 Å². The molecule has 2 nitrogen and oxygen atoms in total. The van der Waals surface area contributed by atoms with Gasteiger partial charge in [0, 0.05) is 22.3 Å². The molecule has 0 aromatic heterocycles. The Labute approximate surface area is 77.4 Å². The number of hydrogen-bond donors (Lipinski definition) is 1. The summed E-state index contributed by atoms with van der Waals surface area (Å²) in [6, 6.07) is 0. The van der Waals surface area contributed by atoms with E-state index < -0.39 is 10.8 Å². The number of nitrogens with two attached hydrogens (primary N) is 1. The molecule has 2 atom stereocenters. The van der Waals surface area contributed by atoms with Gasteiger partial charge in [-0.1, -0.05) is 19.8 Å². The van der Waals surface area contributed by atoms with Crippen LogP contribution < -0.4 is 5.73 Å². The molecule has 0 aromatic rings. The smallest absolute Gasteiger partial charge is 0.0272 e. The molecule has 1 saturated carbocycles. The van der Waals surface area contributed by atoms with Crippen molar-refractivity contribution in [2.24, 2.45) is 17.6 Å². The van der Waals surface area contributed by atoms with Crippen LogP contribution in [0.25, 0.3) is 0 Å². The van der Waals surface area contributed by atoms with Gasteiger partial charge in [-0.15, -0.1) is 0 Å². The topological polar surface area (TPSA) is 43.1 Å². The summed E-state index contributed by atoms with van der Waals surface area (Å²) >= 11 is 0. The molecule has 12 heavy (non-hydrogen) atoms. The van der Waals surface area contributed by atoms with Gasteiger partial charge in [0.2, 0.25) is 0 Å². The summed E-state index contributed by atoms with van der Waals surface area (Å²) in [5.41, 5.74) is 5.45. The molecule has 0 amide bonds. The molecule has 0 bridgehead atoms. The van der Waals surface area contributed by atoms with Crippen molar-refractivity contribution < 1.29 is 4.21 Å². The third-order valence-electron chi connectivity index (χ3n) is 2.32. The van der Waals surface area contributed by atoms with Gasteiger partial charge in [0.25, 0.3) is 0 Å². The molecule has 0 aromatic carbocycles. The molecule has 2 unspecified atom stereocenters. The highest BCUT2D eigenvalue weighted by Gasteiger charge is 2.21. The third-order valence-corrected chi connectivity index (χ3v) is 3.96. The van der Waals surface area contributed by atoms with Gasteiger partial charge < -0.3 is 5.73 Å². The number of hydrogen-bond acceptors (Lipinski definition) is 2. The van der Waals surface area contributed by atoms with E-state index >= 15 is 0 Å². The maximum Gasteiger partial charge on any atom is 0.0272 e. The summed E-state index contributed by atoms with van der Waals surface area (Å²) < 4.78 is 11.4. The van der Waals surface area contributed by atoms with Crippen LogP contribution in [-0.2, 0) is 10.8 Å². The lowest BCUT2D eigenvalue weighted by Crippen LogP contribution is -2.19. The molecule has 2 N–H and O–H groups in total. The van der Waals surface area contributed by atoms with Gasteiger partial charge in [0.15, 0.2) is 0 Å². The zero-order valence-electron chi connectivity index (χ0n) is 7.79. The summed E-state index contributed by atoms with van der Waals surface area (Å²) in [7, 11) is -0.611. The van der Waals surface area contributed by atoms with Crippen molar-refractivity contribution in [2.45, 2.75) is 26.2 Å². The lowest BCUT2D eigenvalue weighted by Gasteiger charge is -2.07. The first-order chi connectivity index (χ1) is 5.72. The van der Waals surface area contributed by atoms with Crippen LogP contribution in [0.1, 0.15) is 26.2 Å². The van der Waals surface area contributed by atoms with Crippen molar-refractivity contribution in [3.8, 4) is 0 Å². The van der Waals surface area contributed by atoms with Crippen LogP contribution in [0, 0.1) is 11.8 Å². The number of rotatable bonds is 6. The van der Waals surface area contributed by atoms with E-state index in [9.17, 15) is 4.21 Å². The van der Waals surface area contributed by atoms with E-state index in [0.29, 0.717) is 12.5 Å². The van der Waals surface area contributed by atoms with E-state index in [-0.39, 0.29) is 0 Å². The van der Waals surface area contributed by atoms with Crippen LogP contribution in [0.2, 0.25) is 0 Å². The van der Waals surface area contributed by atoms with Gasteiger partial charge in [0.1, 0.15) is 0 Å². The van der Waals surface area contributed by atoms with Crippen molar-refractivity contribution in [2.75, 3.05) is 18.1 Å². The fourth-order valence-electron chi connectivity index (χ4n) is 1.17. The maximum atomic E-state index is 11.4. The SMILES string of the molecule is CC(CN)CS(=O)CCC1CC1. The van der Waals surface area contributed by atoms with Gasteiger partial charge in [-0.05, 0) is 24.8 Å². The lowest BCUT2D eigenvalue weighted by atomic mass is 10.2. The molecule has 0 heterocycles. The zero-order chi connectivity index (χ0) is 8.97. The third kappa shape index (κ3) is 4.21. The Bertz CT molecular complexity index is 157. The summed E-state index contributed by atoms with van der Waals surface area (Å²) in [6.07, 6.45) is 3.90. The molecule has 0 saturated heterocycles. The molecule has 1 rings (SSSR count). The molecular weight excluding hydrogens is 170 g/mol. The summed E-state index contributed by atoms with van der Waals surface area (Å²) in [5, 5.41) is 0. The van der Waals surface area contributed by atoms with Crippen LogP contribution in [0.5, 0.6) is 0 Å². The fraction of sp³-hybridized carbons (Fsp3) is 1.00. The fourth-order valence-corrected chi connectivity index (χ4v) is 2.71. The van der Waals surface area contributed by atoms with Crippen LogP contribution in [0.3, 0.4) is 0 Å². The molecule has 1 aliphatic carbocycles. The molecule has 1 aliphatic rings. The Morgan fingerprint density at radius 2 is 2.25 bits per heavy atom. The average Bonchev–Trinajstić information content (AvgIpc) is 2.83. The predicted octanol–water partition coefficient (Wildman–Crippen LogP) is 1.13. The van der Waals surface area contributed by atoms with E-state index in [4.69, 9.17) is 5.73 Å². The van der Waals surface area contributed by atoms with Gasteiger partial charge in [-0.25, -0.2) is 0 Å². The molecular formula is C9H19NOS. The van der Waals surface area contributed by atoms with Crippen LogP contribution >= 0.6 is 0 Å². The second kappa shape index (κ2) is 4.97. The monoisotopic (exact) mass is 189 g/mol. The van der Waals surface area contributed by atoms with Crippen LogP contribution in [0.15, 0.2) is 0 Å². The van der Waals surface area contributed by atoms with Crippen LogP contribution in [0.4, 0.5) is 0 Å². The van der Waals surface area contributed by atoms with Gasteiger partial charge >= 0.3 is 0 Å². The van der Waals surface area contributed by atoms with Gasteiger partial charge in [-0.2, -0.15) is 0 Å². The highest BCUT2D eigenvalue weighted by molar-refractivity contribution is 7.84. The Balaban J connectivity index is 2.01. The van der Waals surface area contributed by atoms with E-state index in [1.807, 2.05) is 0 Å². The molecule has 1 fully saturated rings. The van der Waals surface area contributed by atoms with Crippen molar-refractivity contribution in [3.63, 3.8) is 0 Å². The Hall–Kier alpha value is 0.110. The first-order valence-electron chi connectivity index (χ1n) is 4.77. The first-order valence-corrected chi connectivity index (χ1v) is 6.26. The second-order valence-electron chi connectivity index (χ2n) is 3.88.